The van der Waals surface area contributed by atoms with Gasteiger partial charge in [-0.25, -0.2) is 0 Å². The fourth-order valence-electron chi connectivity index (χ4n) is 9.17. The molecule has 0 radical (unpaired) electrons. The van der Waals surface area contributed by atoms with Crippen LogP contribution >= 0.6 is 0 Å². The maximum Gasteiger partial charge on any atom is 0.0668 e. The van der Waals surface area contributed by atoms with Crippen molar-refractivity contribution in [1.82, 2.24) is 0 Å². The second-order valence-electron chi connectivity index (χ2n) is 13.0. The van der Waals surface area contributed by atoms with Gasteiger partial charge in [-0.3, -0.25) is 0 Å². The van der Waals surface area contributed by atoms with E-state index in [1.165, 1.54) is 44.9 Å². The molecule has 0 heterocycles. The molecule has 0 saturated heterocycles. The minimum absolute atomic E-state index is 0.103. The van der Waals surface area contributed by atoms with Crippen LogP contribution in [0.4, 0.5) is 0 Å². The van der Waals surface area contributed by atoms with Gasteiger partial charge in [-0.15, -0.1) is 0 Å². The highest BCUT2D eigenvalue weighted by molar-refractivity contribution is 5.25. The van der Waals surface area contributed by atoms with Gasteiger partial charge >= 0.3 is 0 Å². The van der Waals surface area contributed by atoms with Crippen LogP contribution < -0.4 is 0 Å². The molecule has 2 nitrogen and oxygen atoms in total. The molecular weight excluding hydrogens is 380 g/mol. The second kappa shape index (κ2) is 8.46. The van der Waals surface area contributed by atoms with Gasteiger partial charge in [0.15, 0.2) is 0 Å². The molecule has 0 bridgehead atoms. The van der Waals surface area contributed by atoms with Crippen molar-refractivity contribution >= 4 is 0 Å². The van der Waals surface area contributed by atoms with Crippen LogP contribution in [0.3, 0.4) is 0 Å². The third-order valence-corrected chi connectivity index (χ3v) is 11.6. The molecule has 0 amide bonds. The molecule has 0 aromatic carbocycles. The predicted molar refractivity (Wildman–Crippen MR) is 130 cm³/mol. The van der Waals surface area contributed by atoms with Crippen LogP contribution in [-0.4, -0.2) is 21.9 Å². The van der Waals surface area contributed by atoms with Crippen molar-refractivity contribution in [2.75, 3.05) is 0 Å². The van der Waals surface area contributed by atoms with Crippen LogP contribution in [0.5, 0.6) is 0 Å². The molecule has 178 valence electrons. The molecule has 0 spiro atoms. The van der Waals surface area contributed by atoms with Crippen molar-refractivity contribution < 1.29 is 10.2 Å². The minimum Gasteiger partial charge on any atom is -0.393 e. The lowest BCUT2D eigenvalue weighted by atomic mass is 9.47. The number of aliphatic hydroxyl groups is 2. The number of hydrogen-bond donors (Lipinski definition) is 2. The zero-order valence-electron chi connectivity index (χ0n) is 21.3. The Kier molecular flexibility index (Phi) is 6.50. The van der Waals surface area contributed by atoms with Crippen LogP contribution in [0.25, 0.3) is 0 Å². The Morgan fingerprint density at radius 3 is 2.48 bits per heavy atom. The highest BCUT2D eigenvalue weighted by Crippen LogP contribution is 2.67. The highest BCUT2D eigenvalue weighted by Gasteiger charge is 2.59. The third kappa shape index (κ3) is 3.86. The van der Waals surface area contributed by atoms with Gasteiger partial charge in [0.1, 0.15) is 0 Å². The third-order valence-electron chi connectivity index (χ3n) is 11.6. The molecule has 0 aromatic rings. The molecule has 0 aliphatic heterocycles. The molecule has 9 atom stereocenters. The van der Waals surface area contributed by atoms with Crippen LogP contribution in [0.2, 0.25) is 0 Å². The maximum atomic E-state index is 11.1. The van der Waals surface area contributed by atoms with Gasteiger partial charge in [-0.1, -0.05) is 53.2 Å². The minimum atomic E-state index is -0.491. The van der Waals surface area contributed by atoms with E-state index in [-0.39, 0.29) is 6.10 Å². The zero-order chi connectivity index (χ0) is 22.6. The van der Waals surface area contributed by atoms with Crippen molar-refractivity contribution in [3.63, 3.8) is 0 Å². The number of fused-ring (bicyclic) bond motifs is 5. The van der Waals surface area contributed by atoms with E-state index < -0.39 is 5.60 Å². The largest absolute Gasteiger partial charge is 0.393 e. The monoisotopic (exact) mass is 430 g/mol. The number of hydrogen-bond acceptors (Lipinski definition) is 2. The van der Waals surface area contributed by atoms with Crippen LogP contribution in [0, 0.1) is 46.3 Å². The molecule has 2 heteroatoms. The van der Waals surface area contributed by atoms with Crippen molar-refractivity contribution in [3.8, 4) is 0 Å². The van der Waals surface area contributed by atoms with Crippen LogP contribution in [0.15, 0.2) is 11.6 Å². The smallest absolute Gasteiger partial charge is 0.0668 e. The normalized spacial score (nSPS) is 45.3. The van der Waals surface area contributed by atoms with Gasteiger partial charge in [0.25, 0.3) is 0 Å². The molecule has 3 fully saturated rings. The fourth-order valence-corrected chi connectivity index (χ4v) is 9.17. The summed E-state index contributed by atoms with van der Waals surface area (Å²) in [6, 6.07) is 0. The maximum absolute atomic E-state index is 11.1. The lowest BCUT2D eigenvalue weighted by Crippen LogP contribution is -2.50. The van der Waals surface area contributed by atoms with Gasteiger partial charge < -0.3 is 10.2 Å². The Labute approximate surface area is 192 Å². The SMILES string of the molecule is CC[C@](O)(CC[C@@H](C)C1CC[C@H]2[C@@H]3CC=C4C[C@@H](O)CC[C@]4(C)[C@H]3CC[C@]12C)C(C)C. The van der Waals surface area contributed by atoms with Gasteiger partial charge in [0.2, 0.25) is 0 Å². The summed E-state index contributed by atoms with van der Waals surface area (Å²) in [6.07, 6.45) is 15.4. The van der Waals surface area contributed by atoms with E-state index >= 15 is 0 Å². The fraction of sp³-hybridized carbons (Fsp3) is 0.931. The number of allylic oxidation sites excluding steroid dienone is 1. The van der Waals surface area contributed by atoms with E-state index in [0.29, 0.717) is 22.7 Å². The van der Waals surface area contributed by atoms with E-state index in [2.05, 4.69) is 47.6 Å². The first kappa shape index (κ1) is 23.8. The first-order valence-corrected chi connectivity index (χ1v) is 13.6. The molecule has 3 saturated carbocycles. The Hall–Kier alpha value is -0.340. The van der Waals surface area contributed by atoms with Gasteiger partial charge in [0, 0.05) is 0 Å². The molecule has 2 N–H and O–H groups in total. The first-order chi connectivity index (χ1) is 14.5. The number of aliphatic hydroxyl groups excluding tert-OH is 1. The molecule has 4 rings (SSSR count). The van der Waals surface area contributed by atoms with E-state index in [1.807, 2.05) is 0 Å². The van der Waals surface area contributed by atoms with Gasteiger partial charge in [-0.2, -0.15) is 0 Å². The lowest BCUT2D eigenvalue weighted by Gasteiger charge is -2.58. The van der Waals surface area contributed by atoms with Gasteiger partial charge in [0.05, 0.1) is 11.7 Å². The zero-order valence-corrected chi connectivity index (χ0v) is 21.3. The van der Waals surface area contributed by atoms with E-state index in [4.69, 9.17) is 0 Å². The van der Waals surface area contributed by atoms with Crippen molar-refractivity contribution in [3.05, 3.63) is 11.6 Å². The molecule has 1 unspecified atom stereocenters. The van der Waals surface area contributed by atoms with Crippen LogP contribution in [-0.2, 0) is 0 Å². The summed E-state index contributed by atoms with van der Waals surface area (Å²) in [5.41, 5.74) is 1.93. The summed E-state index contributed by atoms with van der Waals surface area (Å²) in [6.45, 7) is 14.2. The predicted octanol–water partition coefficient (Wildman–Crippen LogP) is 7.14. The summed E-state index contributed by atoms with van der Waals surface area (Å²) in [4.78, 5) is 0. The summed E-state index contributed by atoms with van der Waals surface area (Å²) < 4.78 is 0. The first-order valence-electron chi connectivity index (χ1n) is 13.6. The van der Waals surface area contributed by atoms with E-state index in [1.54, 1.807) is 5.57 Å². The molecule has 4 aliphatic carbocycles. The summed E-state index contributed by atoms with van der Waals surface area (Å²) >= 11 is 0. The number of rotatable bonds is 6. The van der Waals surface area contributed by atoms with E-state index in [0.717, 1.165) is 49.4 Å². The Morgan fingerprint density at radius 1 is 1.06 bits per heavy atom. The highest BCUT2D eigenvalue weighted by atomic mass is 16.3. The van der Waals surface area contributed by atoms with E-state index in [9.17, 15) is 10.2 Å². The molecule has 31 heavy (non-hydrogen) atoms. The Balaban J connectivity index is 1.48. The molecule has 0 aromatic heterocycles. The molecular formula is C29H50O2. The second-order valence-corrected chi connectivity index (χ2v) is 13.0. The topological polar surface area (TPSA) is 40.5 Å². The Bertz CT molecular complexity index is 682. The summed E-state index contributed by atoms with van der Waals surface area (Å²) in [5.74, 6) is 4.42. The van der Waals surface area contributed by atoms with Gasteiger partial charge in [-0.05, 0) is 117 Å². The van der Waals surface area contributed by atoms with Crippen molar-refractivity contribution in [2.45, 2.75) is 124 Å². The summed E-state index contributed by atoms with van der Waals surface area (Å²) in [5, 5.41) is 21.3. The average molecular weight is 431 g/mol. The Morgan fingerprint density at radius 2 is 1.81 bits per heavy atom. The van der Waals surface area contributed by atoms with Crippen LogP contribution in [0.1, 0.15) is 112 Å². The lowest BCUT2D eigenvalue weighted by molar-refractivity contribution is -0.0615. The van der Waals surface area contributed by atoms with Crippen molar-refractivity contribution in [1.29, 1.82) is 0 Å². The average Bonchev–Trinajstić information content (AvgIpc) is 3.09. The summed E-state index contributed by atoms with van der Waals surface area (Å²) in [7, 11) is 0. The molecule has 4 aliphatic rings. The quantitative estimate of drug-likeness (QED) is 0.440. The van der Waals surface area contributed by atoms with Crippen molar-refractivity contribution in [2.24, 2.45) is 46.3 Å². The standard InChI is InChI=1S/C29H50O2/c1-7-29(31,19(2)3)17-12-20(4)24-10-11-25-23-9-8-21-18-22(30)13-15-27(21,5)26(23)14-16-28(24,25)6/h8,19-20,22-26,30-31H,7,9-18H2,1-6H3/t20-,22+,23+,24?,25+,26+,27+,28-,29+/m1/s1.